The van der Waals surface area contributed by atoms with E-state index in [0.29, 0.717) is 13.0 Å². The van der Waals surface area contributed by atoms with Crippen LogP contribution in [-0.2, 0) is 12.0 Å². The van der Waals surface area contributed by atoms with Gasteiger partial charge in [0.1, 0.15) is 5.60 Å². The van der Waals surface area contributed by atoms with Crippen LogP contribution in [0.3, 0.4) is 0 Å². The van der Waals surface area contributed by atoms with Crippen molar-refractivity contribution in [2.24, 2.45) is 4.99 Å². The molecule has 1 heterocycles. The molecule has 26 heavy (non-hydrogen) atoms. The van der Waals surface area contributed by atoms with E-state index in [2.05, 4.69) is 29.3 Å². The number of aliphatic imine (C=N–C) groups is 1. The topological polar surface area (TPSA) is 47.9 Å². The molecule has 0 radical (unpaired) electrons. The Morgan fingerprint density at radius 1 is 1.04 bits per heavy atom. The SMILES string of the molecule is CCNC(=NCC(O)(Cc1ccccc1)c1ccccc1)N1CCCC1. The highest BCUT2D eigenvalue weighted by Gasteiger charge is 2.30. The standard InChI is InChI=1S/C22H29N3O/c1-2-23-21(25-15-9-10-16-25)24-18-22(26,20-13-7-4-8-14-20)17-19-11-5-3-6-12-19/h3-8,11-14,26H,2,9-10,15-18H2,1H3,(H,23,24). The first-order valence-corrected chi connectivity index (χ1v) is 9.56. The van der Waals surface area contributed by atoms with Gasteiger partial charge < -0.3 is 15.3 Å². The fourth-order valence-corrected chi connectivity index (χ4v) is 3.49. The van der Waals surface area contributed by atoms with Gasteiger partial charge in [0.2, 0.25) is 0 Å². The smallest absolute Gasteiger partial charge is 0.194 e. The lowest BCUT2D eigenvalue weighted by molar-refractivity contribution is 0.0465. The van der Waals surface area contributed by atoms with Gasteiger partial charge in [-0.3, -0.25) is 0 Å². The quantitative estimate of drug-likeness (QED) is 0.621. The van der Waals surface area contributed by atoms with Crippen LogP contribution >= 0.6 is 0 Å². The maximum atomic E-state index is 11.5. The zero-order chi connectivity index (χ0) is 18.2. The molecule has 1 aliphatic heterocycles. The van der Waals surface area contributed by atoms with E-state index < -0.39 is 5.60 Å². The van der Waals surface area contributed by atoms with Crippen molar-refractivity contribution in [1.82, 2.24) is 10.2 Å². The van der Waals surface area contributed by atoms with Gasteiger partial charge in [-0.15, -0.1) is 0 Å². The number of benzene rings is 2. The Kier molecular flexibility index (Phi) is 6.29. The molecule has 1 aliphatic rings. The van der Waals surface area contributed by atoms with Crippen LogP contribution in [0.2, 0.25) is 0 Å². The largest absolute Gasteiger partial charge is 0.383 e. The molecule has 2 aromatic rings. The van der Waals surface area contributed by atoms with Crippen molar-refractivity contribution in [3.63, 3.8) is 0 Å². The molecule has 0 aliphatic carbocycles. The zero-order valence-electron chi connectivity index (χ0n) is 15.6. The van der Waals surface area contributed by atoms with Crippen LogP contribution < -0.4 is 5.32 Å². The van der Waals surface area contributed by atoms with E-state index >= 15 is 0 Å². The molecule has 4 heteroatoms. The van der Waals surface area contributed by atoms with Gasteiger partial charge in [-0.05, 0) is 30.9 Å². The van der Waals surface area contributed by atoms with Crippen LogP contribution in [0.15, 0.2) is 65.7 Å². The number of hydrogen-bond donors (Lipinski definition) is 2. The van der Waals surface area contributed by atoms with Crippen molar-refractivity contribution in [3.8, 4) is 0 Å². The fraction of sp³-hybridized carbons (Fsp3) is 0.409. The van der Waals surface area contributed by atoms with Crippen LogP contribution in [0.1, 0.15) is 30.9 Å². The Morgan fingerprint density at radius 2 is 1.65 bits per heavy atom. The van der Waals surface area contributed by atoms with Crippen molar-refractivity contribution >= 4 is 5.96 Å². The summed E-state index contributed by atoms with van der Waals surface area (Å²) in [5, 5.41) is 14.9. The molecule has 0 amide bonds. The highest BCUT2D eigenvalue weighted by molar-refractivity contribution is 5.80. The molecule has 2 N–H and O–H groups in total. The van der Waals surface area contributed by atoms with E-state index in [1.807, 2.05) is 48.5 Å². The van der Waals surface area contributed by atoms with Gasteiger partial charge in [0.25, 0.3) is 0 Å². The van der Waals surface area contributed by atoms with Crippen molar-refractivity contribution in [2.45, 2.75) is 31.8 Å². The number of rotatable bonds is 6. The van der Waals surface area contributed by atoms with E-state index in [1.54, 1.807) is 0 Å². The molecule has 1 saturated heterocycles. The number of hydrogen-bond acceptors (Lipinski definition) is 2. The molecule has 3 rings (SSSR count). The molecule has 4 nitrogen and oxygen atoms in total. The van der Waals surface area contributed by atoms with Crippen molar-refractivity contribution in [2.75, 3.05) is 26.2 Å². The molecule has 1 atom stereocenters. The first-order valence-electron chi connectivity index (χ1n) is 9.56. The summed E-state index contributed by atoms with van der Waals surface area (Å²) in [6.07, 6.45) is 2.95. The summed E-state index contributed by atoms with van der Waals surface area (Å²) in [5.74, 6) is 0.910. The third-order valence-corrected chi connectivity index (χ3v) is 4.88. The van der Waals surface area contributed by atoms with Crippen LogP contribution in [0.4, 0.5) is 0 Å². The van der Waals surface area contributed by atoms with E-state index in [-0.39, 0.29) is 0 Å². The minimum absolute atomic E-state index is 0.338. The molecule has 0 bridgehead atoms. The van der Waals surface area contributed by atoms with Gasteiger partial charge in [-0.25, -0.2) is 4.99 Å². The zero-order valence-corrected chi connectivity index (χ0v) is 15.6. The molecule has 2 aromatic carbocycles. The summed E-state index contributed by atoms with van der Waals surface area (Å²) in [6, 6.07) is 20.0. The van der Waals surface area contributed by atoms with Crippen LogP contribution in [0.5, 0.6) is 0 Å². The first kappa shape index (κ1) is 18.5. The van der Waals surface area contributed by atoms with Gasteiger partial charge in [0.05, 0.1) is 6.54 Å². The normalized spacial score (nSPS) is 17.2. The van der Waals surface area contributed by atoms with E-state index in [1.165, 1.54) is 12.8 Å². The molecule has 1 fully saturated rings. The van der Waals surface area contributed by atoms with Crippen LogP contribution in [0, 0.1) is 0 Å². The minimum atomic E-state index is -1.02. The number of nitrogens with zero attached hydrogens (tertiary/aromatic N) is 2. The van der Waals surface area contributed by atoms with Gasteiger partial charge in [-0.2, -0.15) is 0 Å². The number of likely N-dealkylation sites (tertiary alicyclic amines) is 1. The Hall–Kier alpha value is -2.33. The summed E-state index contributed by atoms with van der Waals surface area (Å²) in [5.41, 5.74) is 0.994. The molecule has 0 saturated carbocycles. The fourth-order valence-electron chi connectivity index (χ4n) is 3.49. The predicted octanol–water partition coefficient (Wildman–Crippen LogP) is 3.18. The summed E-state index contributed by atoms with van der Waals surface area (Å²) in [7, 11) is 0. The van der Waals surface area contributed by atoms with Gasteiger partial charge in [0.15, 0.2) is 5.96 Å². The summed E-state index contributed by atoms with van der Waals surface area (Å²) in [6.45, 7) is 5.32. The van der Waals surface area contributed by atoms with E-state index in [4.69, 9.17) is 4.99 Å². The Morgan fingerprint density at radius 3 is 2.27 bits per heavy atom. The van der Waals surface area contributed by atoms with E-state index in [0.717, 1.165) is 36.7 Å². The second-order valence-corrected chi connectivity index (χ2v) is 6.92. The number of guanidine groups is 1. The maximum absolute atomic E-state index is 11.5. The van der Waals surface area contributed by atoms with Gasteiger partial charge in [0, 0.05) is 26.1 Å². The third-order valence-electron chi connectivity index (χ3n) is 4.88. The lowest BCUT2D eigenvalue weighted by Gasteiger charge is -2.29. The monoisotopic (exact) mass is 351 g/mol. The summed E-state index contributed by atoms with van der Waals surface area (Å²) < 4.78 is 0. The van der Waals surface area contributed by atoms with Gasteiger partial charge in [-0.1, -0.05) is 60.7 Å². The maximum Gasteiger partial charge on any atom is 0.194 e. The Bertz CT molecular complexity index is 696. The Balaban J connectivity index is 1.86. The minimum Gasteiger partial charge on any atom is -0.383 e. The van der Waals surface area contributed by atoms with Crippen molar-refractivity contribution in [1.29, 1.82) is 0 Å². The third kappa shape index (κ3) is 4.64. The van der Waals surface area contributed by atoms with Crippen molar-refractivity contribution < 1.29 is 5.11 Å². The van der Waals surface area contributed by atoms with E-state index in [9.17, 15) is 5.11 Å². The molecular formula is C22H29N3O. The molecule has 138 valence electrons. The average Bonchev–Trinajstić information content (AvgIpc) is 3.21. The second-order valence-electron chi connectivity index (χ2n) is 6.92. The van der Waals surface area contributed by atoms with Crippen molar-refractivity contribution in [3.05, 3.63) is 71.8 Å². The van der Waals surface area contributed by atoms with Gasteiger partial charge >= 0.3 is 0 Å². The first-order chi connectivity index (χ1) is 12.7. The highest BCUT2D eigenvalue weighted by atomic mass is 16.3. The molecular weight excluding hydrogens is 322 g/mol. The number of aliphatic hydroxyl groups is 1. The molecule has 1 unspecified atom stereocenters. The second kappa shape index (κ2) is 8.86. The van der Waals surface area contributed by atoms with Crippen LogP contribution in [0.25, 0.3) is 0 Å². The molecule has 0 aromatic heterocycles. The highest BCUT2D eigenvalue weighted by Crippen LogP contribution is 2.26. The summed E-state index contributed by atoms with van der Waals surface area (Å²) in [4.78, 5) is 7.11. The summed E-state index contributed by atoms with van der Waals surface area (Å²) >= 11 is 0. The predicted molar refractivity (Wildman–Crippen MR) is 107 cm³/mol. The van der Waals surface area contributed by atoms with Crippen LogP contribution in [-0.4, -0.2) is 42.1 Å². The average molecular weight is 351 g/mol. The Labute approximate surface area is 156 Å². The lowest BCUT2D eigenvalue weighted by Crippen LogP contribution is -2.41. The number of nitrogens with one attached hydrogen (secondary N) is 1. The molecule has 0 spiro atoms. The lowest BCUT2D eigenvalue weighted by atomic mass is 9.87.